The Morgan fingerprint density at radius 1 is 1.00 bits per heavy atom. The number of nitrogens with one attached hydrogen (secondary N) is 2. The number of anilines is 1. The van der Waals surface area contributed by atoms with Crippen LogP contribution in [0.25, 0.3) is 0 Å². The van der Waals surface area contributed by atoms with Crippen LogP contribution >= 0.6 is 24.0 Å². The first-order valence-corrected chi connectivity index (χ1v) is 10.4. The Morgan fingerprint density at radius 2 is 1.77 bits per heavy atom. The predicted octanol–water partition coefficient (Wildman–Crippen LogP) is 2.98. The van der Waals surface area contributed by atoms with Crippen molar-refractivity contribution in [2.75, 3.05) is 51.4 Å². The Morgan fingerprint density at radius 3 is 2.53 bits per heavy atom. The first-order chi connectivity index (χ1) is 14.3. The van der Waals surface area contributed by atoms with Crippen molar-refractivity contribution in [2.24, 2.45) is 4.99 Å². The van der Waals surface area contributed by atoms with E-state index in [9.17, 15) is 0 Å². The van der Waals surface area contributed by atoms with Crippen LogP contribution in [-0.2, 0) is 24.1 Å². The molecule has 6 nitrogen and oxygen atoms in total. The first-order valence-electron chi connectivity index (χ1n) is 10.4. The number of guanidine groups is 1. The minimum absolute atomic E-state index is 0. The molecule has 30 heavy (non-hydrogen) atoms. The summed E-state index contributed by atoms with van der Waals surface area (Å²) in [5, 5.41) is 6.80. The predicted molar refractivity (Wildman–Crippen MR) is 132 cm³/mol. The molecule has 2 aromatic carbocycles. The van der Waals surface area contributed by atoms with Crippen LogP contribution < -0.4 is 20.3 Å². The standard InChI is InChI=1S/C23H30N4O2.HI/c1-24-23(25-10-8-18-4-7-22-20(16-18)9-13-29-22)26-17-19-2-5-21(6-3-19)27-11-14-28-15-12-27;/h2-7,16H,8-15,17H2,1H3,(H2,24,25,26);1H. The van der Waals surface area contributed by atoms with Crippen LogP contribution in [0, 0.1) is 0 Å². The van der Waals surface area contributed by atoms with Crippen molar-refractivity contribution in [3.63, 3.8) is 0 Å². The average molecular weight is 522 g/mol. The van der Waals surface area contributed by atoms with E-state index in [4.69, 9.17) is 9.47 Å². The minimum atomic E-state index is 0. The van der Waals surface area contributed by atoms with Gasteiger partial charge in [0.25, 0.3) is 0 Å². The van der Waals surface area contributed by atoms with Crippen molar-refractivity contribution < 1.29 is 9.47 Å². The maximum atomic E-state index is 5.58. The zero-order valence-electron chi connectivity index (χ0n) is 17.5. The molecular formula is C23H31IN4O2. The Kier molecular flexibility index (Phi) is 8.62. The molecule has 2 aromatic rings. The second-order valence-electron chi connectivity index (χ2n) is 7.41. The van der Waals surface area contributed by atoms with Gasteiger partial charge < -0.3 is 25.0 Å². The van der Waals surface area contributed by atoms with Gasteiger partial charge in [0.15, 0.2) is 5.96 Å². The molecule has 1 fully saturated rings. The monoisotopic (exact) mass is 522 g/mol. The van der Waals surface area contributed by atoms with Gasteiger partial charge in [0.05, 0.1) is 19.8 Å². The van der Waals surface area contributed by atoms with Crippen molar-refractivity contribution in [2.45, 2.75) is 19.4 Å². The molecule has 2 aliphatic rings. The largest absolute Gasteiger partial charge is 0.493 e. The highest BCUT2D eigenvalue weighted by atomic mass is 127. The van der Waals surface area contributed by atoms with Gasteiger partial charge in [-0.1, -0.05) is 24.3 Å². The van der Waals surface area contributed by atoms with Crippen LogP contribution in [0.4, 0.5) is 5.69 Å². The third-order valence-corrected chi connectivity index (χ3v) is 5.46. The highest BCUT2D eigenvalue weighted by Gasteiger charge is 2.12. The molecule has 2 heterocycles. The lowest BCUT2D eigenvalue weighted by molar-refractivity contribution is 0.122. The smallest absolute Gasteiger partial charge is 0.191 e. The highest BCUT2D eigenvalue weighted by molar-refractivity contribution is 14.0. The molecule has 0 aromatic heterocycles. The molecule has 0 bridgehead atoms. The van der Waals surface area contributed by atoms with E-state index in [2.05, 4.69) is 63.0 Å². The van der Waals surface area contributed by atoms with Gasteiger partial charge in [-0.05, 0) is 41.3 Å². The molecule has 0 spiro atoms. The van der Waals surface area contributed by atoms with Gasteiger partial charge in [0.1, 0.15) is 5.75 Å². The Labute approximate surface area is 196 Å². The Balaban J connectivity index is 0.00000256. The van der Waals surface area contributed by atoms with Gasteiger partial charge in [-0.2, -0.15) is 0 Å². The molecule has 0 amide bonds. The van der Waals surface area contributed by atoms with E-state index >= 15 is 0 Å². The molecule has 0 unspecified atom stereocenters. The van der Waals surface area contributed by atoms with Crippen LogP contribution in [0.5, 0.6) is 5.75 Å². The number of ether oxygens (including phenoxy) is 2. The molecule has 0 radical (unpaired) electrons. The molecule has 2 aliphatic heterocycles. The summed E-state index contributed by atoms with van der Waals surface area (Å²) in [5.74, 6) is 1.87. The van der Waals surface area contributed by atoms with Crippen molar-refractivity contribution in [1.82, 2.24) is 10.6 Å². The molecule has 1 saturated heterocycles. The number of aliphatic imine (C=N–C) groups is 1. The lowest BCUT2D eigenvalue weighted by atomic mass is 10.1. The fourth-order valence-electron chi connectivity index (χ4n) is 3.77. The van der Waals surface area contributed by atoms with Gasteiger partial charge in [0, 0.05) is 45.3 Å². The SMILES string of the molecule is CN=C(NCCc1ccc2c(c1)CCO2)NCc1ccc(N2CCOCC2)cc1.I. The fraction of sp³-hybridized carbons (Fsp3) is 0.435. The molecule has 162 valence electrons. The summed E-state index contributed by atoms with van der Waals surface area (Å²) in [4.78, 5) is 6.70. The van der Waals surface area contributed by atoms with Crippen molar-refractivity contribution in [3.8, 4) is 5.75 Å². The van der Waals surface area contributed by atoms with Gasteiger partial charge in [-0.25, -0.2) is 0 Å². The maximum absolute atomic E-state index is 5.58. The van der Waals surface area contributed by atoms with Gasteiger partial charge >= 0.3 is 0 Å². The van der Waals surface area contributed by atoms with E-state index in [1.54, 1.807) is 0 Å². The number of fused-ring (bicyclic) bond motifs is 1. The zero-order valence-corrected chi connectivity index (χ0v) is 19.9. The van der Waals surface area contributed by atoms with Crippen molar-refractivity contribution >= 4 is 35.6 Å². The third kappa shape index (κ3) is 6.01. The lowest BCUT2D eigenvalue weighted by Gasteiger charge is -2.28. The van der Waals surface area contributed by atoms with E-state index in [0.29, 0.717) is 0 Å². The third-order valence-electron chi connectivity index (χ3n) is 5.46. The normalized spacial score (nSPS) is 15.8. The summed E-state index contributed by atoms with van der Waals surface area (Å²) >= 11 is 0. The average Bonchev–Trinajstić information content (AvgIpc) is 3.25. The first kappa shape index (κ1) is 22.7. The van der Waals surface area contributed by atoms with Crippen molar-refractivity contribution in [3.05, 3.63) is 59.2 Å². The van der Waals surface area contributed by atoms with E-state index < -0.39 is 0 Å². The Hall–Kier alpha value is -2.00. The van der Waals surface area contributed by atoms with E-state index in [0.717, 1.165) is 70.6 Å². The zero-order chi connectivity index (χ0) is 19.9. The minimum Gasteiger partial charge on any atom is -0.493 e. The van der Waals surface area contributed by atoms with Gasteiger partial charge in [-0.3, -0.25) is 4.99 Å². The lowest BCUT2D eigenvalue weighted by Crippen LogP contribution is -2.38. The quantitative estimate of drug-likeness (QED) is 0.347. The number of rotatable bonds is 6. The summed E-state index contributed by atoms with van der Waals surface area (Å²) < 4.78 is 11.0. The molecular weight excluding hydrogens is 491 g/mol. The van der Waals surface area contributed by atoms with E-state index in [1.165, 1.54) is 22.4 Å². The molecule has 2 N–H and O–H groups in total. The van der Waals surface area contributed by atoms with E-state index in [-0.39, 0.29) is 24.0 Å². The summed E-state index contributed by atoms with van der Waals surface area (Å²) in [6.45, 7) is 5.95. The summed E-state index contributed by atoms with van der Waals surface area (Å²) in [5.41, 5.74) is 5.16. The molecule has 0 aliphatic carbocycles. The molecule has 4 rings (SSSR count). The van der Waals surface area contributed by atoms with Crippen molar-refractivity contribution in [1.29, 1.82) is 0 Å². The topological polar surface area (TPSA) is 58.1 Å². The number of halogens is 1. The van der Waals surface area contributed by atoms with E-state index in [1.807, 2.05) is 7.05 Å². The maximum Gasteiger partial charge on any atom is 0.191 e. The van der Waals surface area contributed by atoms with Crippen LogP contribution in [0.1, 0.15) is 16.7 Å². The second kappa shape index (κ2) is 11.4. The summed E-state index contributed by atoms with van der Waals surface area (Å²) in [6.07, 6.45) is 1.98. The number of nitrogens with zero attached hydrogens (tertiary/aromatic N) is 2. The summed E-state index contributed by atoms with van der Waals surface area (Å²) in [7, 11) is 1.81. The highest BCUT2D eigenvalue weighted by Crippen LogP contribution is 2.25. The Bertz CT molecular complexity index is 836. The van der Waals surface area contributed by atoms with Gasteiger partial charge in [-0.15, -0.1) is 24.0 Å². The van der Waals surface area contributed by atoms with Crippen LogP contribution in [0.2, 0.25) is 0 Å². The molecule has 7 heteroatoms. The molecule has 0 saturated carbocycles. The number of benzene rings is 2. The molecule has 0 atom stereocenters. The second-order valence-corrected chi connectivity index (χ2v) is 7.41. The fourth-order valence-corrected chi connectivity index (χ4v) is 3.77. The number of hydrogen-bond acceptors (Lipinski definition) is 4. The van der Waals surface area contributed by atoms with Gasteiger partial charge in [0.2, 0.25) is 0 Å². The number of hydrogen-bond donors (Lipinski definition) is 2. The van der Waals surface area contributed by atoms with Crippen LogP contribution in [-0.4, -0.2) is 52.5 Å². The summed E-state index contributed by atoms with van der Waals surface area (Å²) in [6, 6.07) is 15.2. The van der Waals surface area contributed by atoms with Crippen LogP contribution in [0.3, 0.4) is 0 Å². The number of morpholine rings is 1. The van der Waals surface area contributed by atoms with Crippen LogP contribution in [0.15, 0.2) is 47.5 Å².